The number of benzene rings is 4. The van der Waals surface area contributed by atoms with Gasteiger partial charge in [-0.3, -0.25) is 4.57 Å². The fourth-order valence-electron chi connectivity index (χ4n) is 5.54. The minimum Gasteiger partial charge on any atom is -0.439 e. The summed E-state index contributed by atoms with van der Waals surface area (Å²) in [5.41, 5.74) is 9.60. The van der Waals surface area contributed by atoms with Crippen LogP contribution >= 0.6 is 0 Å². The summed E-state index contributed by atoms with van der Waals surface area (Å²) in [6.07, 6.45) is 0. The maximum Gasteiger partial charge on any atom is 0.213 e. The highest BCUT2D eigenvalue weighted by Crippen LogP contribution is 2.49. The number of rotatable bonds is 1. The molecule has 0 fully saturated rings. The first kappa shape index (κ1) is 17.0. The lowest BCUT2D eigenvalue weighted by molar-refractivity contribution is 0.645. The molecule has 2 nitrogen and oxygen atoms in total. The van der Waals surface area contributed by atoms with E-state index in [1.54, 1.807) is 0 Å². The quantitative estimate of drug-likeness (QED) is 0.275. The minimum atomic E-state index is 0.0118. The minimum absolute atomic E-state index is 0.0118. The third-order valence-corrected chi connectivity index (χ3v) is 7.02. The van der Waals surface area contributed by atoms with Crippen LogP contribution in [-0.2, 0) is 5.41 Å². The zero-order valence-corrected chi connectivity index (χ0v) is 17.5. The van der Waals surface area contributed by atoms with Crippen LogP contribution in [0.1, 0.15) is 25.0 Å². The molecule has 0 atom stereocenters. The number of hydrogen-bond donors (Lipinski definition) is 0. The molecular weight excluding hydrogens is 378 g/mol. The summed E-state index contributed by atoms with van der Waals surface area (Å²) in [5, 5.41) is 3.58. The van der Waals surface area contributed by atoms with Crippen LogP contribution in [0, 0.1) is 0 Å². The topological polar surface area (TPSA) is 18.1 Å². The fourth-order valence-corrected chi connectivity index (χ4v) is 5.54. The zero-order valence-electron chi connectivity index (χ0n) is 17.5. The second-order valence-corrected chi connectivity index (χ2v) is 9.03. The molecule has 148 valence electrons. The van der Waals surface area contributed by atoms with Crippen molar-refractivity contribution in [1.29, 1.82) is 0 Å². The summed E-state index contributed by atoms with van der Waals surface area (Å²) in [7, 11) is 0. The largest absolute Gasteiger partial charge is 0.439 e. The summed E-state index contributed by atoms with van der Waals surface area (Å²) < 4.78 is 8.69. The van der Waals surface area contributed by atoms with Gasteiger partial charge in [0.15, 0.2) is 0 Å². The molecule has 7 rings (SSSR count). The molecule has 2 heteroatoms. The van der Waals surface area contributed by atoms with Crippen molar-refractivity contribution in [3.63, 3.8) is 0 Å². The molecule has 0 saturated carbocycles. The van der Waals surface area contributed by atoms with Crippen LogP contribution in [0.5, 0.6) is 0 Å². The van der Waals surface area contributed by atoms with E-state index in [0.29, 0.717) is 0 Å². The zero-order chi connectivity index (χ0) is 20.7. The van der Waals surface area contributed by atoms with Gasteiger partial charge in [-0.15, -0.1) is 0 Å². The van der Waals surface area contributed by atoms with Crippen molar-refractivity contribution in [2.75, 3.05) is 0 Å². The first-order chi connectivity index (χ1) is 15.1. The molecule has 31 heavy (non-hydrogen) atoms. The molecule has 0 bridgehead atoms. The SMILES string of the molecule is CC1(C)c2ccccc2-c2cc(-n3c4ccccc4c4c5ccccc5oc43)ccc21. The van der Waals surface area contributed by atoms with E-state index in [1.807, 2.05) is 6.07 Å². The molecular formula is C29H21NO. The first-order valence-corrected chi connectivity index (χ1v) is 10.8. The Morgan fingerprint density at radius 3 is 2.29 bits per heavy atom. The number of para-hydroxylation sites is 2. The Bertz CT molecular complexity index is 1660. The normalized spacial score (nSPS) is 14.4. The van der Waals surface area contributed by atoms with E-state index in [4.69, 9.17) is 4.42 Å². The fraction of sp³-hybridized carbons (Fsp3) is 0.103. The lowest BCUT2D eigenvalue weighted by Gasteiger charge is -2.21. The van der Waals surface area contributed by atoms with Crippen LogP contribution in [-0.4, -0.2) is 4.57 Å². The highest BCUT2D eigenvalue weighted by Gasteiger charge is 2.35. The van der Waals surface area contributed by atoms with E-state index in [-0.39, 0.29) is 5.41 Å². The van der Waals surface area contributed by atoms with Gasteiger partial charge in [0.1, 0.15) is 5.58 Å². The van der Waals surface area contributed by atoms with E-state index in [1.165, 1.54) is 43.9 Å². The van der Waals surface area contributed by atoms with Gasteiger partial charge in [0.2, 0.25) is 5.71 Å². The summed E-state index contributed by atoms with van der Waals surface area (Å²) in [4.78, 5) is 0. The van der Waals surface area contributed by atoms with Crippen molar-refractivity contribution in [2.24, 2.45) is 0 Å². The number of furan rings is 1. The van der Waals surface area contributed by atoms with E-state index in [2.05, 4.69) is 103 Å². The van der Waals surface area contributed by atoms with Crippen molar-refractivity contribution < 1.29 is 4.42 Å². The maximum atomic E-state index is 6.42. The number of aromatic nitrogens is 1. The predicted octanol–water partition coefficient (Wildman–Crippen LogP) is 7.84. The Labute approximate surface area is 180 Å². The molecule has 1 aliphatic rings. The highest BCUT2D eigenvalue weighted by atomic mass is 16.3. The number of fused-ring (bicyclic) bond motifs is 8. The first-order valence-electron chi connectivity index (χ1n) is 10.8. The van der Waals surface area contributed by atoms with E-state index >= 15 is 0 Å². The van der Waals surface area contributed by atoms with Crippen LogP contribution in [0.4, 0.5) is 0 Å². The van der Waals surface area contributed by atoms with Gasteiger partial charge in [0.05, 0.1) is 10.9 Å². The average molecular weight is 399 g/mol. The van der Waals surface area contributed by atoms with Crippen LogP contribution in [0.3, 0.4) is 0 Å². The molecule has 2 aromatic heterocycles. The molecule has 0 radical (unpaired) electrons. The lowest BCUT2D eigenvalue weighted by Crippen LogP contribution is -2.14. The van der Waals surface area contributed by atoms with Gasteiger partial charge in [0, 0.05) is 21.9 Å². The molecule has 1 aliphatic carbocycles. The van der Waals surface area contributed by atoms with Crippen LogP contribution in [0.2, 0.25) is 0 Å². The van der Waals surface area contributed by atoms with E-state index < -0.39 is 0 Å². The van der Waals surface area contributed by atoms with Gasteiger partial charge in [0.25, 0.3) is 0 Å². The molecule has 0 N–H and O–H groups in total. The molecule has 6 aromatic rings. The molecule has 0 aliphatic heterocycles. The Morgan fingerprint density at radius 1 is 0.677 bits per heavy atom. The number of nitrogens with zero attached hydrogens (tertiary/aromatic N) is 1. The molecule has 0 saturated heterocycles. The second kappa shape index (κ2) is 5.67. The van der Waals surface area contributed by atoms with E-state index in [0.717, 1.165) is 17.0 Å². The van der Waals surface area contributed by atoms with Crippen molar-refractivity contribution in [3.8, 4) is 16.8 Å². The molecule has 0 amide bonds. The van der Waals surface area contributed by atoms with Gasteiger partial charge in [-0.2, -0.15) is 0 Å². The summed E-state index contributed by atoms with van der Waals surface area (Å²) in [5.74, 6) is 0. The van der Waals surface area contributed by atoms with Gasteiger partial charge in [-0.1, -0.05) is 80.6 Å². The van der Waals surface area contributed by atoms with Crippen molar-refractivity contribution >= 4 is 33.0 Å². The Balaban J connectivity index is 1.59. The second-order valence-electron chi connectivity index (χ2n) is 9.03. The van der Waals surface area contributed by atoms with Gasteiger partial charge < -0.3 is 4.42 Å². The maximum absolute atomic E-state index is 6.42. The standard InChI is InChI=1S/C29H21NO/c1-29(2)23-12-6-3-9-19(23)22-17-18(15-16-24(22)29)30-25-13-7-4-10-20(25)27-21-11-5-8-14-26(21)31-28(27)30/h3-17H,1-2H3. The summed E-state index contributed by atoms with van der Waals surface area (Å²) in [6, 6.07) is 32.6. The molecule has 0 unspecified atom stereocenters. The van der Waals surface area contributed by atoms with E-state index in [9.17, 15) is 0 Å². The van der Waals surface area contributed by atoms with Crippen LogP contribution in [0.25, 0.3) is 49.8 Å². The monoisotopic (exact) mass is 399 g/mol. The number of hydrogen-bond acceptors (Lipinski definition) is 1. The molecule has 0 spiro atoms. The van der Waals surface area contributed by atoms with Gasteiger partial charge >= 0.3 is 0 Å². The van der Waals surface area contributed by atoms with Gasteiger partial charge in [-0.05, 0) is 46.5 Å². The van der Waals surface area contributed by atoms with Crippen molar-refractivity contribution in [2.45, 2.75) is 19.3 Å². The Kier molecular flexibility index (Phi) is 3.10. The lowest BCUT2D eigenvalue weighted by atomic mass is 9.82. The van der Waals surface area contributed by atoms with Crippen LogP contribution in [0.15, 0.2) is 95.4 Å². The predicted molar refractivity (Wildman–Crippen MR) is 128 cm³/mol. The van der Waals surface area contributed by atoms with Gasteiger partial charge in [-0.25, -0.2) is 0 Å². The Morgan fingerprint density at radius 2 is 1.39 bits per heavy atom. The molecule has 4 aromatic carbocycles. The highest BCUT2D eigenvalue weighted by molar-refractivity contribution is 6.19. The molecule has 2 heterocycles. The van der Waals surface area contributed by atoms with Crippen molar-refractivity contribution in [3.05, 3.63) is 102 Å². The summed E-state index contributed by atoms with van der Waals surface area (Å²) in [6.45, 7) is 4.64. The van der Waals surface area contributed by atoms with Crippen LogP contribution < -0.4 is 0 Å². The average Bonchev–Trinajstić information content (AvgIpc) is 3.40. The van der Waals surface area contributed by atoms with Crippen molar-refractivity contribution in [1.82, 2.24) is 4.57 Å². The summed E-state index contributed by atoms with van der Waals surface area (Å²) >= 11 is 0. The third kappa shape index (κ3) is 2.07. The Hall–Kier alpha value is -3.78. The smallest absolute Gasteiger partial charge is 0.213 e. The third-order valence-electron chi connectivity index (χ3n) is 7.02.